The van der Waals surface area contributed by atoms with Crippen molar-refractivity contribution in [1.82, 2.24) is 0 Å². The molecule has 0 saturated heterocycles. The average molecular weight is 184 g/mol. The molecule has 1 N–H and O–H groups in total. The van der Waals surface area contributed by atoms with Crippen molar-refractivity contribution in [2.24, 2.45) is 5.41 Å². The molecular formula is C11H20O2. The summed E-state index contributed by atoms with van der Waals surface area (Å²) < 4.78 is 0. The van der Waals surface area contributed by atoms with Gasteiger partial charge in [0.1, 0.15) is 6.10 Å². The van der Waals surface area contributed by atoms with Gasteiger partial charge in [-0.3, -0.25) is 5.26 Å². The Balaban J connectivity index is 2.80. The molecule has 1 unspecified atom stereocenters. The van der Waals surface area contributed by atoms with E-state index < -0.39 is 0 Å². The van der Waals surface area contributed by atoms with Crippen LogP contribution in [0.1, 0.15) is 46.5 Å². The normalized spacial score (nSPS) is 25.2. The third-order valence-electron chi connectivity index (χ3n) is 2.62. The molecule has 0 bridgehead atoms. The van der Waals surface area contributed by atoms with E-state index in [1.165, 1.54) is 12.0 Å². The van der Waals surface area contributed by atoms with Crippen LogP contribution in [0.3, 0.4) is 0 Å². The smallest absolute Gasteiger partial charge is 0.114 e. The van der Waals surface area contributed by atoms with Crippen molar-refractivity contribution >= 4 is 0 Å². The molecule has 1 aliphatic rings. The largest absolute Gasteiger partial charge is 0.251 e. The monoisotopic (exact) mass is 184 g/mol. The maximum atomic E-state index is 8.81. The molecule has 0 saturated carbocycles. The summed E-state index contributed by atoms with van der Waals surface area (Å²) in [7, 11) is 0. The molecule has 76 valence electrons. The lowest BCUT2D eigenvalue weighted by Gasteiger charge is -2.27. The van der Waals surface area contributed by atoms with Gasteiger partial charge in [0.05, 0.1) is 0 Å². The Hall–Kier alpha value is -0.340. The second-order valence-corrected chi connectivity index (χ2v) is 4.79. The van der Waals surface area contributed by atoms with E-state index in [-0.39, 0.29) is 11.5 Å². The lowest BCUT2D eigenvalue weighted by molar-refractivity contribution is -0.272. The Bertz CT molecular complexity index is 189. The van der Waals surface area contributed by atoms with E-state index in [4.69, 9.17) is 5.26 Å². The summed E-state index contributed by atoms with van der Waals surface area (Å²) >= 11 is 0. The van der Waals surface area contributed by atoms with Gasteiger partial charge in [0.2, 0.25) is 0 Å². The molecule has 0 spiro atoms. The number of allylic oxidation sites excluding steroid dienone is 1. The lowest BCUT2D eigenvalue weighted by Crippen LogP contribution is -2.23. The van der Waals surface area contributed by atoms with Gasteiger partial charge >= 0.3 is 0 Å². The van der Waals surface area contributed by atoms with Gasteiger partial charge in [-0.05, 0) is 30.3 Å². The highest BCUT2D eigenvalue weighted by Gasteiger charge is 2.26. The molecule has 2 heteroatoms. The van der Waals surface area contributed by atoms with Crippen molar-refractivity contribution in [3.63, 3.8) is 0 Å². The van der Waals surface area contributed by atoms with E-state index in [0.717, 1.165) is 19.3 Å². The average Bonchev–Trinajstić information content (AvgIpc) is 2.26. The van der Waals surface area contributed by atoms with Crippen LogP contribution in [0.25, 0.3) is 0 Å². The van der Waals surface area contributed by atoms with Crippen LogP contribution in [-0.4, -0.2) is 11.4 Å². The highest BCUT2D eigenvalue weighted by Crippen LogP contribution is 2.33. The Kier molecular flexibility index (Phi) is 3.51. The van der Waals surface area contributed by atoms with Gasteiger partial charge in [-0.1, -0.05) is 33.3 Å². The molecule has 0 radical (unpaired) electrons. The zero-order valence-electron chi connectivity index (χ0n) is 8.84. The van der Waals surface area contributed by atoms with Crippen LogP contribution < -0.4 is 0 Å². The fourth-order valence-corrected chi connectivity index (χ4v) is 1.92. The fraction of sp³-hybridized carbons (Fsp3) is 0.818. The first-order chi connectivity index (χ1) is 6.05. The lowest BCUT2D eigenvalue weighted by atomic mass is 9.82. The van der Waals surface area contributed by atoms with Crippen molar-refractivity contribution in [3.05, 3.63) is 11.6 Å². The predicted octanol–water partition coefficient (Wildman–Crippen LogP) is 3.39. The van der Waals surface area contributed by atoms with Crippen molar-refractivity contribution in [2.45, 2.75) is 52.6 Å². The standard InChI is InChI=1S/C11H20O2/c1-11(2,3)9-7-5-4-6-8-10(9)13-12/h7,10,12H,4-6,8H2,1-3H3. The highest BCUT2D eigenvalue weighted by atomic mass is 17.1. The quantitative estimate of drug-likeness (QED) is 0.384. The van der Waals surface area contributed by atoms with Gasteiger partial charge in [-0.2, -0.15) is 0 Å². The van der Waals surface area contributed by atoms with Crippen LogP contribution in [0.2, 0.25) is 0 Å². The minimum atomic E-state index is -0.0810. The third-order valence-corrected chi connectivity index (χ3v) is 2.62. The van der Waals surface area contributed by atoms with Crippen LogP contribution in [0.5, 0.6) is 0 Å². The van der Waals surface area contributed by atoms with Crippen molar-refractivity contribution in [1.29, 1.82) is 0 Å². The topological polar surface area (TPSA) is 29.5 Å². The summed E-state index contributed by atoms with van der Waals surface area (Å²) in [5, 5.41) is 8.81. The molecule has 0 aromatic carbocycles. The second kappa shape index (κ2) is 4.25. The van der Waals surface area contributed by atoms with Crippen molar-refractivity contribution in [2.75, 3.05) is 0 Å². The maximum absolute atomic E-state index is 8.81. The SMILES string of the molecule is CC(C)(C)C1=CCCCCC1OO. The van der Waals surface area contributed by atoms with E-state index in [1.54, 1.807) is 0 Å². The predicted molar refractivity (Wildman–Crippen MR) is 53.5 cm³/mol. The van der Waals surface area contributed by atoms with Gasteiger partial charge in [0.25, 0.3) is 0 Å². The molecule has 1 atom stereocenters. The minimum Gasteiger partial charge on any atom is -0.251 e. The van der Waals surface area contributed by atoms with Gasteiger partial charge < -0.3 is 0 Å². The molecule has 1 aliphatic carbocycles. The van der Waals surface area contributed by atoms with E-state index in [1.807, 2.05) is 0 Å². The number of hydrogen-bond acceptors (Lipinski definition) is 2. The molecule has 0 amide bonds. The molecule has 13 heavy (non-hydrogen) atoms. The van der Waals surface area contributed by atoms with Gasteiger partial charge in [0.15, 0.2) is 0 Å². The summed E-state index contributed by atoms with van der Waals surface area (Å²) in [6.45, 7) is 6.49. The van der Waals surface area contributed by atoms with Crippen LogP contribution >= 0.6 is 0 Å². The number of rotatable bonds is 1. The molecule has 2 nitrogen and oxygen atoms in total. The fourth-order valence-electron chi connectivity index (χ4n) is 1.92. The van der Waals surface area contributed by atoms with Crippen LogP contribution in [0, 0.1) is 5.41 Å². The molecule has 0 aromatic heterocycles. The van der Waals surface area contributed by atoms with Crippen molar-refractivity contribution in [3.8, 4) is 0 Å². The van der Waals surface area contributed by atoms with Crippen molar-refractivity contribution < 1.29 is 10.1 Å². The third kappa shape index (κ3) is 2.82. The molecule has 0 aromatic rings. The zero-order chi connectivity index (χ0) is 9.90. The molecular weight excluding hydrogens is 164 g/mol. The Morgan fingerprint density at radius 1 is 1.38 bits per heavy atom. The van der Waals surface area contributed by atoms with E-state index in [0.29, 0.717) is 0 Å². The maximum Gasteiger partial charge on any atom is 0.114 e. The van der Waals surface area contributed by atoms with E-state index >= 15 is 0 Å². The van der Waals surface area contributed by atoms with E-state index in [2.05, 4.69) is 31.7 Å². The second-order valence-electron chi connectivity index (χ2n) is 4.79. The Morgan fingerprint density at radius 2 is 2.08 bits per heavy atom. The van der Waals surface area contributed by atoms with Gasteiger partial charge in [0, 0.05) is 0 Å². The van der Waals surface area contributed by atoms with Crippen LogP contribution in [0.15, 0.2) is 11.6 Å². The summed E-state index contributed by atoms with van der Waals surface area (Å²) in [5.74, 6) is 0. The first-order valence-electron chi connectivity index (χ1n) is 5.06. The van der Waals surface area contributed by atoms with Crippen LogP contribution in [0.4, 0.5) is 0 Å². The number of hydrogen-bond donors (Lipinski definition) is 1. The molecule has 0 fully saturated rings. The summed E-state index contributed by atoms with van der Waals surface area (Å²) in [6.07, 6.45) is 6.56. The Morgan fingerprint density at radius 3 is 2.62 bits per heavy atom. The first kappa shape index (κ1) is 10.7. The summed E-state index contributed by atoms with van der Waals surface area (Å²) in [6, 6.07) is 0. The van der Waals surface area contributed by atoms with E-state index in [9.17, 15) is 0 Å². The zero-order valence-corrected chi connectivity index (χ0v) is 8.84. The minimum absolute atomic E-state index is 0.0810. The summed E-state index contributed by atoms with van der Waals surface area (Å²) in [4.78, 5) is 4.54. The molecule has 0 aliphatic heterocycles. The molecule has 1 rings (SSSR count). The summed E-state index contributed by atoms with van der Waals surface area (Å²) in [5.41, 5.74) is 1.35. The Labute approximate surface area is 80.5 Å². The van der Waals surface area contributed by atoms with Gasteiger partial charge in [-0.15, -0.1) is 0 Å². The highest BCUT2D eigenvalue weighted by molar-refractivity contribution is 5.17. The first-order valence-corrected chi connectivity index (χ1v) is 5.06. The molecule has 0 heterocycles. The van der Waals surface area contributed by atoms with Gasteiger partial charge in [-0.25, -0.2) is 4.89 Å². The van der Waals surface area contributed by atoms with Crippen LogP contribution in [-0.2, 0) is 4.89 Å².